The zero-order valence-electron chi connectivity index (χ0n) is 13.8. The molecule has 2 heterocycles. The topological polar surface area (TPSA) is 63.6 Å². The molecule has 1 aliphatic rings. The minimum Gasteiger partial charge on any atom is -0.307 e. The van der Waals surface area contributed by atoms with E-state index in [1.807, 2.05) is 0 Å². The summed E-state index contributed by atoms with van der Waals surface area (Å²) in [6.45, 7) is 0. The van der Waals surface area contributed by atoms with Crippen molar-refractivity contribution in [3.05, 3.63) is 58.3 Å². The summed E-state index contributed by atoms with van der Waals surface area (Å²) in [5.41, 5.74) is 0.117. The van der Waals surface area contributed by atoms with Gasteiger partial charge in [0.2, 0.25) is 5.92 Å². The van der Waals surface area contributed by atoms with Crippen molar-refractivity contribution in [2.24, 2.45) is 0 Å². The van der Waals surface area contributed by atoms with E-state index in [1.165, 1.54) is 10.9 Å². The fraction of sp³-hybridized carbons (Fsp3) is 0.389. The molecule has 8 heteroatoms. The lowest BCUT2D eigenvalue weighted by Crippen LogP contribution is -2.27. The molecule has 26 heavy (non-hydrogen) atoms. The van der Waals surface area contributed by atoms with Crippen molar-refractivity contribution < 1.29 is 13.2 Å². The Hall–Kier alpha value is -2.64. The van der Waals surface area contributed by atoms with E-state index in [0.717, 1.165) is 0 Å². The molecule has 0 amide bonds. The molecule has 1 aromatic carbocycles. The first-order valence-electron chi connectivity index (χ1n) is 8.49. The fourth-order valence-corrected chi connectivity index (χ4v) is 3.39. The molecular formula is C18H17F3N4O. The van der Waals surface area contributed by atoms with Gasteiger partial charge < -0.3 is 4.98 Å². The van der Waals surface area contributed by atoms with E-state index in [4.69, 9.17) is 0 Å². The van der Waals surface area contributed by atoms with Crippen LogP contribution in [0.15, 0.2) is 41.3 Å². The van der Waals surface area contributed by atoms with E-state index in [-0.39, 0.29) is 48.6 Å². The maximum Gasteiger partial charge on any atom is 0.262 e. The molecule has 3 aromatic rings. The Morgan fingerprint density at radius 1 is 1.19 bits per heavy atom. The molecular weight excluding hydrogens is 345 g/mol. The van der Waals surface area contributed by atoms with Crippen molar-refractivity contribution in [3.63, 3.8) is 0 Å². The number of fused-ring (bicyclic) bond motifs is 1. The second-order valence-corrected chi connectivity index (χ2v) is 6.64. The zero-order valence-corrected chi connectivity index (χ0v) is 13.8. The Labute approximate surface area is 146 Å². The normalized spacial score (nSPS) is 18.9. The van der Waals surface area contributed by atoms with E-state index in [0.29, 0.717) is 5.56 Å². The summed E-state index contributed by atoms with van der Waals surface area (Å²) in [6, 6.07) is 8.11. The summed E-state index contributed by atoms with van der Waals surface area (Å²) >= 11 is 0. The summed E-state index contributed by atoms with van der Waals surface area (Å²) in [6.07, 6.45) is -0.216. The van der Waals surface area contributed by atoms with Gasteiger partial charge in [0.15, 0.2) is 17.6 Å². The van der Waals surface area contributed by atoms with Gasteiger partial charge in [-0.1, -0.05) is 30.3 Å². The van der Waals surface area contributed by atoms with Gasteiger partial charge in [-0.3, -0.25) is 4.79 Å². The highest BCUT2D eigenvalue weighted by atomic mass is 19.3. The summed E-state index contributed by atoms with van der Waals surface area (Å²) in [5.74, 6) is -2.77. The van der Waals surface area contributed by atoms with Crippen molar-refractivity contribution in [1.82, 2.24) is 19.7 Å². The monoisotopic (exact) mass is 362 g/mol. The Morgan fingerprint density at radius 3 is 2.58 bits per heavy atom. The summed E-state index contributed by atoms with van der Waals surface area (Å²) in [4.78, 5) is 19.0. The molecule has 1 saturated carbocycles. The molecule has 0 spiro atoms. The third-order valence-corrected chi connectivity index (χ3v) is 4.85. The van der Waals surface area contributed by atoms with Crippen LogP contribution in [0, 0.1) is 0 Å². The Bertz CT molecular complexity index is 973. The van der Waals surface area contributed by atoms with Gasteiger partial charge >= 0.3 is 0 Å². The largest absolute Gasteiger partial charge is 0.307 e. The number of nitrogens with one attached hydrogen (secondary N) is 1. The number of halogens is 3. The van der Waals surface area contributed by atoms with Gasteiger partial charge in [-0.15, -0.1) is 0 Å². The SMILES string of the molecule is O=c1[nH]c(C(F)c2ccccc2)nc2c1cnn2C1CCC(F)(F)CC1. The first-order chi connectivity index (χ1) is 12.4. The molecule has 1 fully saturated rings. The third kappa shape index (κ3) is 3.00. The number of aromatic amines is 1. The van der Waals surface area contributed by atoms with Gasteiger partial charge in [0, 0.05) is 12.8 Å². The molecule has 1 atom stereocenters. The number of benzene rings is 1. The molecule has 1 unspecified atom stereocenters. The Balaban J connectivity index is 1.73. The van der Waals surface area contributed by atoms with Gasteiger partial charge in [0.1, 0.15) is 5.39 Å². The lowest BCUT2D eigenvalue weighted by Gasteiger charge is -2.28. The molecule has 4 rings (SSSR count). The van der Waals surface area contributed by atoms with Crippen molar-refractivity contribution in [2.75, 3.05) is 0 Å². The van der Waals surface area contributed by atoms with Gasteiger partial charge in [0.05, 0.1) is 12.2 Å². The Kier molecular flexibility index (Phi) is 4.05. The van der Waals surface area contributed by atoms with Crippen molar-refractivity contribution >= 4 is 11.0 Å². The molecule has 2 aromatic heterocycles. The standard InChI is InChI=1S/C18H17F3N4O/c19-14(11-4-2-1-3-5-11)15-23-16-13(17(26)24-15)10-22-25(16)12-6-8-18(20,21)9-7-12/h1-5,10,12,14H,6-9H2,(H,23,24,26). The highest BCUT2D eigenvalue weighted by molar-refractivity contribution is 5.73. The van der Waals surface area contributed by atoms with Crippen LogP contribution in [0.1, 0.15) is 49.3 Å². The Morgan fingerprint density at radius 2 is 1.88 bits per heavy atom. The molecule has 0 aliphatic heterocycles. The van der Waals surface area contributed by atoms with Crippen molar-refractivity contribution in [3.8, 4) is 0 Å². The molecule has 0 radical (unpaired) electrons. The van der Waals surface area contributed by atoms with Crippen LogP contribution in [0.3, 0.4) is 0 Å². The second kappa shape index (κ2) is 6.26. The third-order valence-electron chi connectivity index (χ3n) is 4.85. The van der Waals surface area contributed by atoms with Crippen LogP contribution in [-0.4, -0.2) is 25.7 Å². The van der Waals surface area contributed by atoms with Crippen LogP contribution in [-0.2, 0) is 0 Å². The smallest absolute Gasteiger partial charge is 0.262 e. The maximum absolute atomic E-state index is 14.8. The average Bonchev–Trinajstić information content (AvgIpc) is 3.06. The number of hydrogen-bond acceptors (Lipinski definition) is 3. The fourth-order valence-electron chi connectivity index (χ4n) is 3.39. The predicted octanol–water partition coefficient (Wildman–Crippen LogP) is 3.93. The highest BCUT2D eigenvalue weighted by Gasteiger charge is 2.36. The number of hydrogen-bond donors (Lipinski definition) is 1. The zero-order chi connectivity index (χ0) is 18.3. The van der Waals surface area contributed by atoms with E-state index in [9.17, 15) is 18.0 Å². The summed E-state index contributed by atoms with van der Waals surface area (Å²) in [7, 11) is 0. The van der Waals surface area contributed by atoms with Crippen molar-refractivity contribution in [2.45, 2.75) is 43.8 Å². The summed E-state index contributed by atoms with van der Waals surface area (Å²) < 4.78 is 43.1. The lowest BCUT2D eigenvalue weighted by atomic mass is 9.92. The molecule has 0 bridgehead atoms. The molecule has 5 nitrogen and oxygen atoms in total. The van der Waals surface area contributed by atoms with E-state index in [2.05, 4.69) is 15.1 Å². The van der Waals surface area contributed by atoms with Gasteiger partial charge in [-0.25, -0.2) is 22.8 Å². The minimum atomic E-state index is -2.66. The maximum atomic E-state index is 14.8. The molecule has 1 aliphatic carbocycles. The van der Waals surface area contributed by atoms with Crippen LogP contribution in [0.4, 0.5) is 13.2 Å². The first kappa shape index (κ1) is 16.8. The van der Waals surface area contributed by atoms with Crippen molar-refractivity contribution in [1.29, 1.82) is 0 Å². The van der Waals surface area contributed by atoms with Gasteiger partial charge in [-0.05, 0) is 18.4 Å². The van der Waals surface area contributed by atoms with Gasteiger partial charge in [0.25, 0.3) is 5.56 Å². The van der Waals surface area contributed by atoms with Crippen LogP contribution in [0.5, 0.6) is 0 Å². The number of alkyl halides is 3. The number of aromatic nitrogens is 4. The molecule has 1 N–H and O–H groups in total. The quantitative estimate of drug-likeness (QED) is 0.768. The summed E-state index contributed by atoms with van der Waals surface area (Å²) in [5, 5.41) is 4.40. The highest BCUT2D eigenvalue weighted by Crippen LogP contribution is 2.38. The van der Waals surface area contributed by atoms with Crippen LogP contribution >= 0.6 is 0 Å². The molecule has 0 saturated heterocycles. The minimum absolute atomic E-state index is 0.114. The average molecular weight is 362 g/mol. The number of nitrogens with zero attached hydrogens (tertiary/aromatic N) is 3. The van der Waals surface area contributed by atoms with E-state index < -0.39 is 17.7 Å². The van der Waals surface area contributed by atoms with Crippen LogP contribution in [0.25, 0.3) is 11.0 Å². The van der Waals surface area contributed by atoms with Gasteiger partial charge in [-0.2, -0.15) is 5.10 Å². The van der Waals surface area contributed by atoms with E-state index in [1.54, 1.807) is 30.3 Å². The van der Waals surface area contributed by atoms with E-state index >= 15 is 0 Å². The first-order valence-corrected chi connectivity index (χ1v) is 8.49. The van der Waals surface area contributed by atoms with Crippen LogP contribution < -0.4 is 5.56 Å². The lowest BCUT2D eigenvalue weighted by molar-refractivity contribution is -0.0446. The molecule has 136 valence electrons. The number of rotatable bonds is 3. The number of H-pyrrole nitrogens is 1. The predicted molar refractivity (Wildman–Crippen MR) is 90.0 cm³/mol. The second-order valence-electron chi connectivity index (χ2n) is 6.64. The van der Waals surface area contributed by atoms with Crippen LogP contribution in [0.2, 0.25) is 0 Å².